The zero-order valence-corrected chi connectivity index (χ0v) is 28.7. The Balaban J connectivity index is 1.07. The molecule has 0 saturated heterocycles. The lowest BCUT2D eigenvalue weighted by Crippen LogP contribution is -2.09. The van der Waals surface area contributed by atoms with E-state index in [1.54, 1.807) is 0 Å². The standard InChI is InChI=1S/C50H31NO2/c1-2-9-33(10-3-1)41-14-8-15-44-43-27-26-39(31-49(43)53-50(41)44)51(38-25-21-35-18-17-34-11-4-5-12-40(34)45(35)30-38)37-23-19-32(20-24-37)36-22-28-48-46(29-36)42-13-6-7-16-47(42)52-48/h1-31H. The van der Waals surface area contributed by atoms with Crippen molar-refractivity contribution in [2.24, 2.45) is 0 Å². The topological polar surface area (TPSA) is 29.5 Å². The normalized spacial score (nSPS) is 11.8. The molecule has 0 spiro atoms. The van der Waals surface area contributed by atoms with Crippen molar-refractivity contribution in [3.05, 3.63) is 188 Å². The Kier molecular flexibility index (Phi) is 6.55. The van der Waals surface area contributed by atoms with Crippen LogP contribution in [-0.2, 0) is 0 Å². The quantitative estimate of drug-likeness (QED) is 0.170. The van der Waals surface area contributed by atoms with Gasteiger partial charge in [0.05, 0.1) is 0 Å². The van der Waals surface area contributed by atoms with E-state index in [9.17, 15) is 0 Å². The lowest BCUT2D eigenvalue weighted by atomic mass is 10.00. The highest BCUT2D eigenvalue weighted by atomic mass is 16.3. The number of benzene rings is 9. The van der Waals surface area contributed by atoms with Gasteiger partial charge in [-0.2, -0.15) is 0 Å². The van der Waals surface area contributed by atoms with E-state index in [0.29, 0.717) is 0 Å². The van der Waals surface area contributed by atoms with Crippen molar-refractivity contribution < 1.29 is 8.83 Å². The van der Waals surface area contributed by atoms with Gasteiger partial charge >= 0.3 is 0 Å². The third kappa shape index (κ3) is 4.82. The number of nitrogens with zero attached hydrogens (tertiary/aromatic N) is 1. The molecular formula is C50H31NO2. The molecule has 0 fully saturated rings. The number of rotatable bonds is 5. The van der Waals surface area contributed by atoms with Crippen molar-refractivity contribution in [2.45, 2.75) is 0 Å². The molecule has 0 unspecified atom stereocenters. The van der Waals surface area contributed by atoms with Gasteiger partial charge in [-0.1, -0.05) is 127 Å². The van der Waals surface area contributed by atoms with Crippen LogP contribution in [0.2, 0.25) is 0 Å². The average molecular weight is 678 g/mol. The van der Waals surface area contributed by atoms with Gasteiger partial charge in [-0.3, -0.25) is 0 Å². The summed E-state index contributed by atoms with van der Waals surface area (Å²) >= 11 is 0. The van der Waals surface area contributed by atoms with E-state index in [2.05, 4.69) is 175 Å². The number of furan rings is 2. The molecule has 0 bridgehead atoms. The second-order valence-corrected chi connectivity index (χ2v) is 13.7. The first-order valence-corrected chi connectivity index (χ1v) is 18.0. The Morgan fingerprint density at radius 3 is 1.83 bits per heavy atom. The Morgan fingerprint density at radius 1 is 0.302 bits per heavy atom. The molecule has 2 heterocycles. The molecule has 0 amide bonds. The average Bonchev–Trinajstić information content (AvgIpc) is 3.79. The minimum Gasteiger partial charge on any atom is -0.456 e. The van der Waals surface area contributed by atoms with Gasteiger partial charge in [0.15, 0.2) is 0 Å². The predicted molar refractivity (Wildman–Crippen MR) is 222 cm³/mol. The molecule has 11 aromatic rings. The van der Waals surface area contributed by atoms with E-state index in [1.807, 2.05) is 18.2 Å². The van der Waals surface area contributed by atoms with Crippen LogP contribution in [-0.4, -0.2) is 0 Å². The molecule has 0 atom stereocenters. The summed E-state index contributed by atoms with van der Waals surface area (Å²) in [6, 6.07) is 66.8. The fourth-order valence-corrected chi connectivity index (χ4v) is 8.06. The van der Waals surface area contributed by atoms with Crippen LogP contribution >= 0.6 is 0 Å². The minimum absolute atomic E-state index is 0.856. The van der Waals surface area contributed by atoms with Gasteiger partial charge in [-0.05, 0) is 92.8 Å². The van der Waals surface area contributed by atoms with Crippen molar-refractivity contribution in [3.8, 4) is 22.3 Å². The summed E-state index contributed by atoms with van der Waals surface area (Å²) in [7, 11) is 0. The van der Waals surface area contributed by atoms with E-state index < -0.39 is 0 Å². The predicted octanol–water partition coefficient (Wildman–Crippen LogP) is 14.6. The molecule has 2 aromatic heterocycles. The van der Waals surface area contributed by atoms with Crippen molar-refractivity contribution >= 4 is 82.5 Å². The second-order valence-electron chi connectivity index (χ2n) is 13.7. The molecule has 9 aromatic carbocycles. The number of fused-ring (bicyclic) bond motifs is 9. The Labute approximate surface area is 305 Å². The van der Waals surface area contributed by atoms with Gasteiger partial charge in [-0.15, -0.1) is 0 Å². The van der Waals surface area contributed by atoms with E-state index in [0.717, 1.165) is 83.2 Å². The minimum atomic E-state index is 0.856. The Bertz CT molecular complexity index is 3170. The first-order valence-electron chi connectivity index (χ1n) is 18.0. The highest BCUT2D eigenvalue weighted by molar-refractivity contribution is 6.12. The summed E-state index contributed by atoms with van der Waals surface area (Å²) in [5.41, 5.74) is 11.3. The van der Waals surface area contributed by atoms with Crippen molar-refractivity contribution in [1.29, 1.82) is 0 Å². The fourth-order valence-electron chi connectivity index (χ4n) is 8.06. The number of para-hydroxylation sites is 2. The van der Waals surface area contributed by atoms with Crippen molar-refractivity contribution in [2.75, 3.05) is 4.90 Å². The molecular weight excluding hydrogens is 647 g/mol. The van der Waals surface area contributed by atoms with Crippen LogP contribution in [0.25, 0.3) is 87.7 Å². The van der Waals surface area contributed by atoms with Gasteiger partial charge in [0.2, 0.25) is 0 Å². The van der Waals surface area contributed by atoms with Gasteiger partial charge in [0, 0.05) is 50.2 Å². The highest BCUT2D eigenvalue weighted by Crippen LogP contribution is 2.42. The molecule has 11 rings (SSSR count). The fraction of sp³-hybridized carbons (Fsp3) is 0. The second kappa shape index (κ2) is 11.7. The van der Waals surface area contributed by atoms with E-state index in [-0.39, 0.29) is 0 Å². The molecule has 0 N–H and O–H groups in total. The zero-order valence-electron chi connectivity index (χ0n) is 28.7. The van der Waals surface area contributed by atoms with Crippen LogP contribution in [0.1, 0.15) is 0 Å². The third-order valence-corrected chi connectivity index (χ3v) is 10.6. The molecule has 53 heavy (non-hydrogen) atoms. The van der Waals surface area contributed by atoms with E-state index in [1.165, 1.54) is 21.5 Å². The van der Waals surface area contributed by atoms with E-state index in [4.69, 9.17) is 8.83 Å². The smallest absolute Gasteiger partial charge is 0.143 e. The van der Waals surface area contributed by atoms with Gasteiger partial charge < -0.3 is 13.7 Å². The molecule has 0 aliphatic rings. The van der Waals surface area contributed by atoms with Crippen LogP contribution in [0.4, 0.5) is 17.1 Å². The molecule has 3 nitrogen and oxygen atoms in total. The van der Waals surface area contributed by atoms with Gasteiger partial charge in [0.1, 0.15) is 22.3 Å². The van der Waals surface area contributed by atoms with Crippen LogP contribution in [0.3, 0.4) is 0 Å². The summed E-state index contributed by atoms with van der Waals surface area (Å²) < 4.78 is 12.8. The maximum atomic E-state index is 6.73. The van der Waals surface area contributed by atoms with Gasteiger partial charge in [-0.25, -0.2) is 0 Å². The summed E-state index contributed by atoms with van der Waals surface area (Å²) in [5.74, 6) is 0. The summed E-state index contributed by atoms with van der Waals surface area (Å²) in [6.45, 7) is 0. The van der Waals surface area contributed by atoms with Crippen LogP contribution in [0.15, 0.2) is 197 Å². The highest BCUT2D eigenvalue weighted by Gasteiger charge is 2.18. The summed E-state index contributed by atoms with van der Waals surface area (Å²) in [4.78, 5) is 2.34. The van der Waals surface area contributed by atoms with Gasteiger partial charge in [0.25, 0.3) is 0 Å². The third-order valence-electron chi connectivity index (χ3n) is 10.6. The lowest BCUT2D eigenvalue weighted by Gasteiger charge is -2.26. The maximum Gasteiger partial charge on any atom is 0.143 e. The van der Waals surface area contributed by atoms with Crippen LogP contribution in [0, 0.1) is 0 Å². The maximum absolute atomic E-state index is 6.73. The zero-order chi connectivity index (χ0) is 34.9. The van der Waals surface area contributed by atoms with Crippen molar-refractivity contribution in [3.63, 3.8) is 0 Å². The number of hydrogen-bond acceptors (Lipinski definition) is 3. The molecule has 0 saturated carbocycles. The van der Waals surface area contributed by atoms with E-state index >= 15 is 0 Å². The van der Waals surface area contributed by atoms with Crippen LogP contribution < -0.4 is 4.90 Å². The summed E-state index contributed by atoms with van der Waals surface area (Å²) in [6.07, 6.45) is 0. The molecule has 0 radical (unpaired) electrons. The first kappa shape index (κ1) is 29.6. The molecule has 248 valence electrons. The Hall–Kier alpha value is -7.10. The van der Waals surface area contributed by atoms with Crippen LogP contribution in [0.5, 0.6) is 0 Å². The first-order chi connectivity index (χ1) is 26.2. The van der Waals surface area contributed by atoms with Crippen molar-refractivity contribution in [1.82, 2.24) is 0 Å². The SMILES string of the molecule is c1ccc(-c2cccc3c2oc2cc(N(c4ccc(-c5ccc6oc7ccccc7c6c5)cc4)c4ccc5ccc6ccccc6c5c4)ccc23)cc1. The molecule has 3 heteroatoms. The number of hydrogen-bond donors (Lipinski definition) is 0. The number of anilines is 3. The lowest BCUT2D eigenvalue weighted by molar-refractivity contribution is 0.669. The Morgan fingerprint density at radius 2 is 0.943 bits per heavy atom. The monoisotopic (exact) mass is 677 g/mol. The largest absolute Gasteiger partial charge is 0.456 e. The molecule has 0 aliphatic carbocycles. The summed E-state index contributed by atoms with van der Waals surface area (Å²) in [5, 5.41) is 9.38. The molecule has 0 aliphatic heterocycles.